The summed E-state index contributed by atoms with van der Waals surface area (Å²) in [5.41, 5.74) is 3.99. The van der Waals surface area contributed by atoms with E-state index in [-0.39, 0.29) is 0 Å². The van der Waals surface area contributed by atoms with Crippen LogP contribution in [0.15, 0.2) is 18.2 Å². The minimum Gasteiger partial charge on any atom is -0.494 e. The van der Waals surface area contributed by atoms with Crippen LogP contribution in [0.4, 0.5) is 0 Å². The van der Waals surface area contributed by atoms with Gasteiger partial charge in [-0.2, -0.15) is 0 Å². The second kappa shape index (κ2) is 6.80. The van der Waals surface area contributed by atoms with Gasteiger partial charge in [-0.15, -0.1) is 0 Å². The first-order valence-corrected chi connectivity index (χ1v) is 7.60. The normalized spacial score (nSPS) is 11.2. The molecule has 0 amide bonds. The molecule has 2 rings (SSSR count). The molecular weight excluding hydrogens is 248 g/mol. The third kappa shape index (κ3) is 2.98. The first-order chi connectivity index (χ1) is 9.69. The van der Waals surface area contributed by atoms with E-state index >= 15 is 0 Å². The van der Waals surface area contributed by atoms with Gasteiger partial charge in [0, 0.05) is 30.2 Å². The molecule has 1 aromatic carbocycles. The van der Waals surface area contributed by atoms with Crippen molar-refractivity contribution in [3.05, 3.63) is 29.5 Å². The van der Waals surface area contributed by atoms with Crippen molar-refractivity contribution in [2.24, 2.45) is 7.05 Å². The molecule has 0 radical (unpaired) electrons. The summed E-state index contributed by atoms with van der Waals surface area (Å²) in [4.78, 5) is 0. The molecule has 0 saturated carbocycles. The van der Waals surface area contributed by atoms with Gasteiger partial charge in [-0.25, -0.2) is 0 Å². The smallest absolute Gasteiger partial charge is 0.120 e. The van der Waals surface area contributed by atoms with Crippen molar-refractivity contribution in [1.29, 1.82) is 0 Å². The molecule has 1 N–H and O–H groups in total. The molecule has 2 aromatic rings. The zero-order valence-electron chi connectivity index (χ0n) is 13.1. The highest BCUT2D eigenvalue weighted by molar-refractivity contribution is 5.86. The molecule has 20 heavy (non-hydrogen) atoms. The van der Waals surface area contributed by atoms with Crippen LogP contribution < -0.4 is 10.1 Å². The monoisotopic (exact) mass is 274 g/mol. The third-order valence-corrected chi connectivity index (χ3v) is 3.80. The van der Waals surface area contributed by atoms with E-state index in [0.29, 0.717) is 0 Å². The zero-order chi connectivity index (χ0) is 14.5. The molecule has 0 bridgehead atoms. The van der Waals surface area contributed by atoms with Crippen LogP contribution in [0.3, 0.4) is 0 Å². The highest BCUT2D eigenvalue weighted by Gasteiger charge is 2.12. The first kappa shape index (κ1) is 14.9. The summed E-state index contributed by atoms with van der Waals surface area (Å²) in [7, 11) is 2.13. The number of aromatic nitrogens is 1. The van der Waals surface area contributed by atoms with Gasteiger partial charge in [-0.1, -0.05) is 13.8 Å². The standard InChI is InChI=1S/C17H26N2O/c1-5-9-18-12-16-13(3)19(4)17-8-7-14(11-15(16)17)20-10-6-2/h7-8,11,18H,5-6,9-10,12H2,1-4H3. The summed E-state index contributed by atoms with van der Waals surface area (Å²) in [5, 5.41) is 4.81. The van der Waals surface area contributed by atoms with Crippen molar-refractivity contribution >= 4 is 10.9 Å². The second-order valence-corrected chi connectivity index (χ2v) is 5.33. The molecule has 0 spiro atoms. The molecule has 1 aromatic heterocycles. The minimum atomic E-state index is 0.779. The van der Waals surface area contributed by atoms with Crippen molar-refractivity contribution in [1.82, 2.24) is 9.88 Å². The van der Waals surface area contributed by atoms with Gasteiger partial charge >= 0.3 is 0 Å². The summed E-state index contributed by atoms with van der Waals surface area (Å²) in [6.07, 6.45) is 2.20. The Morgan fingerprint density at radius 1 is 1.20 bits per heavy atom. The lowest BCUT2D eigenvalue weighted by Crippen LogP contribution is -2.14. The maximum Gasteiger partial charge on any atom is 0.120 e. The van der Waals surface area contributed by atoms with Crippen molar-refractivity contribution < 1.29 is 4.74 Å². The largest absolute Gasteiger partial charge is 0.494 e. The topological polar surface area (TPSA) is 26.2 Å². The van der Waals surface area contributed by atoms with E-state index < -0.39 is 0 Å². The minimum absolute atomic E-state index is 0.779. The van der Waals surface area contributed by atoms with Crippen LogP contribution in [0.25, 0.3) is 10.9 Å². The van der Waals surface area contributed by atoms with Crippen molar-refractivity contribution in [3.8, 4) is 5.75 Å². The molecule has 110 valence electrons. The Balaban J connectivity index is 2.35. The number of hydrogen-bond donors (Lipinski definition) is 1. The van der Waals surface area contributed by atoms with Gasteiger partial charge in [0.2, 0.25) is 0 Å². The average molecular weight is 274 g/mol. The highest BCUT2D eigenvalue weighted by Crippen LogP contribution is 2.28. The van der Waals surface area contributed by atoms with Crippen molar-refractivity contribution in [2.75, 3.05) is 13.2 Å². The SMILES string of the molecule is CCCNCc1c(C)n(C)c2ccc(OCCC)cc12. The molecule has 1 heterocycles. The van der Waals surface area contributed by atoms with E-state index in [1.165, 1.54) is 22.2 Å². The van der Waals surface area contributed by atoms with Crippen LogP contribution in [-0.4, -0.2) is 17.7 Å². The fourth-order valence-electron chi connectivity index (χ4n) is 2.55. The van der Waals surface area contributed by atoms with Gasteiger partial charge in [0.25, 0.3) is 0 Å². The predicted octanol–water partition coefficient (Wildman–Crippen LogP) is 3.78. The number of fused-ring (bicyclic) bond motifs is 1. The summed E-state index contributed by atoms with van der Waals surface area (Å²) in [6.45, 7) is 9.28. The Hall–Kier alpha value is -1.48. The lowest BCUT2D eigenvalue weighted by atomic mass is 10.1. The summed E-state index contributed by atoms with van der Waals surface area (Å²) in [5.74, 6) is 0.974. The van der Waals surface area contributed by atoms with Crippen LogP contribution in [0.2, 0.25) is 0 Å². The van der Waals surface area contributed by atoms with Crippen LogP contribution in [0, 0.1) is 6.92 Å². The average Bonchev–Trinajstić information content (AvgIpc) is 2.70. The van der Waals surface area contributed by atoms with Crippen molar-refractivity contribution in [2.45, 2.75) is 40.2 Å². The lowest BCUT2D eigenvalue weighted by Gasteiger charge is -2.06. The van der Waals surface area contributed by atoms with Gasteiger partial charge in [-0.05, 0) is 50.1 Å². The zero-order valence-corrected chi connectivity index (χ0v) is 13.1. The number of ether oxygens (including phenoxy) is 1. The molecule has 0 aliphatic rings. The molecule has 0 aliphatic heterocycles. The van der Waals surface area contributed by atoms with E-state index in [9.17, 15) is 0 Å². The molecule has 0 saturated heterocycles. The van der Waals surface area contributed by atoms with E-state index in [0.717, 1.165) is 38.3 Å². The van der Waals surface area contributed by atoms with Crippen LogP contribution >= 0.6 is 0 Å². The number of rotatable bonds is 7. The Morgan fingerprint density at radius 3 is 2.70 bits per heavy atom. The van der Waals surface area contributed by atoms with Crippen LogP contribution in [-0.2, 0) is 13.6 Å². The maximum absolute atomic E-state index is 5.76. The number of nitrogens with zero attached hydrogens (tertiary/aromatic N) is 1. The number of hydrogen-bond acceptors (Lipinski definition) is 2. The van der Waals surface area contributed by atoms with Gasteiger partial charge in [0.1, 0.15) is 5.75 Å². The quantitative estimate of drug-likeness (QED) is 0.778. The van der Waals surface area contributed by atoms with E-state index in [1.54, 1.807) is 0 Å². The fourth-order valence-corrected chi connectivity index (χ4v) is 2.55. The second-order valence-electron chi connectivity index (χ2n) is 5.33. The highest BCUT2D eigenvalue weighted by atomic mass is 16.5. The molecule has 0 aliphatic carbocycles. The number of benzene rings is 1. The fraction of sp³-hybridized carbons (Fsp3) is 0.529. The van der Waals surface area contributed by atoms with Crippen LogP contribution in [0.5, 0.6) is 5.75 Å². The Kier molecular flexibility index (Phi) is 5.07. The number of nitrogens with one attached hydrogen (secondary N) is 1. The van der Waals surface area contributed by atoms with Gasteiger partial charge in [0.05, 0.1) is 6.61 Å². The Morgan fingerprint density at radius 2 is 2.00 bits per heavy atom. The summed E-state index contributed by atoms with van der Waals surface area (Å²) >= 11 is 0. The lowest BCUT2D eigenvalue weighted by molar-refractivity contribution is 0.318. The predicted molar refractivity (Wildman–Crippen MR) is 85.4 cm³/mol. The van der Waals surface area contributed by atoms with Gasteiger partial charge in [0.15, 0.2) is 0 Å². The number of aryl methyl sites for hydroxylation is 1. The first-order valence-electron chi connectivity index (χ1n) is 7.60. The molecule has 3 nitrogen and oxygen atoms in total. The summed E-state index contributed by atoms with van der Waals surface area (Å²) < 4.78 is 8.03. The van der Waals surface area contributed by atoms with E-state index in [2.05, 4.69) is 55.9 Å². The summed E-state index contributed by atoms with van der Waals surface area (Å²) in [6, 6.07) is 6.41. The third-order valence-electron chi connectivity index (χ3n) is 3.80. The molecule has 0 fully saturated rings. The Bertz CT molecular complexity index is 572. The van der Waals surface area contributed by atoms with Gasteiger partial charge < -0.3 is 14.6 Å². The Labute approximate surface area is 121 Å². The molecule has 3 heteroatoms. The molecule has 0 unspecified atom stereocenters. The van der Waals surface area contributed by atoms with E-state index in [4.69, 9.17) is 4.74 Å². The van der Waals surface area contributed by atoms with E-state index in [1.807, 2.05) is 0 Å². The maximum atomic E-state index is 5.76. The van der Waals surface area contributed by atoms with Crippen LogP contribution in [0.1, 0.15) is 37.9 Å². The molecular formula is C17H26N2O. The van der Waals surface area contributed by atoms with Crippen molar-refractivity contribution in [3.63, 3.8) is 0 Å². The molecule has 0 atom stereocenters. The van der Waals surface area contributed by atoms with Gasteiger partial charge in [-0.3, -0.25) is 0 Å².